The molecule has 0 bridgehead atoms. The Kier molecular flexibility index (Phi) is 5.35. The summed E-state index contributed by atoms with van der Waals surface area (Å²) in [5.74, 6) is -0.107. The first-order chi connectivity index (χ1) is 12.0. The highest BCUT2D eigenvalue weighted by Crippen LogP contribution is 2.25. The van der Waals surface area contributed by atoms with Crippen LogP contribution >= 0.6 is 23.4 Å². The van der Waals surface area contributed by atoms with Gasteiger partial charge >= 0.3 is 0 Å². The van der Waals surface area contributed by atoms with E-state index >= 15 is 0 Å². The number of aromatic nitrogens is 4. The number of rotatable bonds is 5. The van der Waals surface area contributed by atoms with Crippen molar-refractivity contribution in [3.63, 3.8) is 0 Å². The number of hydrogen-bond donors (Lipinski definition) is 1. The molecule has 1 unspecified atom stereocenters. The lowest BCUT2D eigenvalue weighted by Gasteiger charge is -2.13. The van der Waals surface area contributed by atoms with E-state index in [9.17, 15) is 4.79 Å². The minimum Gasteiger partial charge on any atom is -0.325 e. The predicted octanol–water partition coefficient (Wildman–Crippen LogP) is 3.74. The number of carbonyl (C=O) groups excluding carboxylic acids is 1. The van der Waals surface area contributed by atoms with Gasteiger partial charge in [0.25, 0.3) is 0 Å². The highest BCUT2D eigenvalue weighted by molar-refractivity contribution is 8.00. The summed E-state index contributed by atoms with van der Waals surface area (Å²) in [6.07, 6.45) is 0. The molecule has 0 fully saturated rings. The van der Waals surface area contributed by atoms with Crippen molar-refractivity contribution >= 4 is 35.0 Å². The molecule has 6 nitrogen and oxygen atoms in total. The van der Waals surface area contributed by atoms with E-state index in [1.165, 1.54) is 11.8 Å². The van der Waals surface area contributed by atoms with Gasteiger partial charge in [-0.3, -0.25) is 4.79 Å². The Balaban J connectivity index is 1.72. The van der Waals surface area contributed by atoms with Gasteiger partial charge in [0.05, 0.1) is 10.9 Å². The Morgan fingerprint density at radius 3 is 2.64 bits per heavy atom. The predicted molar refractivity (Wildman–Crippen MR) is 99.3 cm³/mol. The highest BCUT2D eigenvalue weighted by atomic mass is 35.5. The van der Waals surface area contributed by atoms with Crippen molar-refractivity contribution < 1.29 is 4.79 Å². The Labute approximate surface area is 154 Å². The first-order valence-corrected chi connectivity index (χ1v) is 8.88. The van der Waals surface area contributed by atoms with Crippen molar-refractivity contribution in [2.24, 2.45) is 0 Å². The van der Waals surface area contributed by atoms with E-state index in [1.807, 2.05) is 50.2 Å². The number of hydrogen-bond acceptors (Lipinski definition) is 5. The van der Waals surface area contributed by atoms with Crippen molar-refractivity contribution in [2.75, 3.05) is 5.32 Å². The van der Waals surface area contributed by atoms with Crippen LogP contribution in [0.2, 0.25) is 5.02 Å². The van der Waals surface area contributed by atoms with Crippen LogP contribution < -0.4 is 5.32 Å². The normalized spacial score (nSPS) is 12.0. The third-order valence-corrected chi connectivity index (χ3v) is 4.85. The number of thioether (sulfide) groups is 1. The van der Waals surface area contributed by atoms with Crippen LogP contribution in [0, 0.1) is 6.92 Å². The van der Waals surface area contributed by atoms with Crippen molar-refractivity contribution in [2.45, 2.75) is 24.3 Å². The van der Waals surface area contributed by atoms with Crippen LogP contribution in [0.1, 0.15) is 12.5 Å². The number of amides is 1. The van der Waals surface area contributed by atoms with E-state index in [0.717, 1.165) is 16.9 Å². The summed E-state index contributed by atoms with van der Waals surface area (Å²) in [6.45, 7) is 3.77. The molecule has 8 heteroatoms. The van der Waals surface area contributed by atoms with Crippen LogP contribution in [0.5, 0.6) is 0 Å². The molecule has 25 heavy (non-hydrogen) atoms. The van der Waals surface area contributed by atoms with E-state index < -0.39 is 0 Å². The number of para-hydroxylation sites is 1. The smallest absolute Gasteiger partial charge is 0.237 e. The van der Waals surface area contributed by atoms with Crippen LogP contribution in [0.3, 0.4) is 0 Å². The summed E-state index contributed by atoms with van der Waals surface area (Å²) in [4.78, 5) is 12.5. The Bertz CT molecular complexity index is 881. The first-order valence-electron chi connectivity index (χ1n) is 7.62. The maximum absolute atomic E-state index is 12.5. The summed E-state index contributed by atoms with van der Waals surface area (Å²) in [5.41, 5.74) is 2.60. The summed E-state index contributed by atoms with van der Waals surface area (Å²) in [6, 6.07) is 14.8. The van der Waals surface area contributed by atoms with Crippen molar-refractivity contribution in [3.05, 3.63) is 59.1 Å². The highest BCUT2D eigenvalue weighted by Gasteiger charge is 2.19. The number of halogens is 1. The van der Waals surface area contributed by atoms with E-state index in [0.29, 0.717) is 10.2 Å². The fourth-order valence-corrected chi connectivity index (χ4v) is 3.09. The Morgan fingerprint density at radius 2 is 1.92 bits per heavy atom. The second-order valence-corrected chi connectivity index (χ2v) is 7.16. The molecule has 0 aliphatic carbocycles. The van der Waals surface area contributed by atoms with Crippen molar-refractivity contribution in [1.29, 1.82) is 0 Å². The third kappa shape index (κ3) is 4.18. The van der Waals surface area contributed by atoms with E-state index in [2.05, 4.69) is 20.8 Å². The molecule has 1 aromatic heterocycles. The van der Waals surface area contributed by atoms with Gasteiger partial charge in [-0.25, -0.2) is 0 Å². The lowest BCUT2D eigenvalue weighted by atomic mass is 10.2. The maximum Gasteiger partial charge on any atom is 0.237 e. The quantitative estimate of drug-likeness (QED) is 0.689. The van der Waals surface area contributed by atoms with Gasteiger partial charge in [0, 0.05) is 10.7 Å². The molecule has 3 aromatic rings. The Hall–Kier alpha value is -2.38. The fraction of sp³-hybridized carbons (Fsp3) is 0.176. The van der Waals surface area contributed by atoms with Gasteiger partial charge in [0.1, 0.15) is 0 Å². The molecule has 1 amide bonds. The molecule has 0 aliphatic heterocycles. The molecule has 0 saturated carbocycles. The molecule has 0 aliphatic rings. The summed E-state index contributed by atoms with van der Waals surface area (Å²) >= 11 is 7.20. The maximum atomic E-state index is 12.5. The van der Waals surface area contributed by atoms with Crippen LogP contribution in [0.15, 0.2) is 53.7 Å². The molecule has 128 valence electrons. The molecule has 3 rings (SSSR count). The lowest BCUT2D eigenvalue weighted by Crippen LogP contribution is -2.23. The topological polar surface area (TPSA) is 72.7 Å². The molecule has 0 radical (unpaired) electrons. The molecule has 2 aromatic carbocycles. The average molecular weight is 374 g/mol. The zero-order valence-corrected chi connectivity index (χ0v) is 15.3. The fourth-order valence-electron chi connectivity index (χ4n) is 2.16. The second kappa shape index (κ2) is 7.67. The number of carbonyl (C=O) groups is 1. The second-order valence-electron chi connectivity index (χ2n) is 5.41. The van der Waals surface area contributed by atoms with Gasteiger partial charge in [0.2, 0.25) is 11.1 Å². The first kappa shape index (κ1) is 17.4. The third-order valence-electron chi connectivity index (χ3n) is 3.57. The number of aryl methyl sites for hydroxylation is 1. The lowest BCUT2D eigenvalue weighted by molar-refractivity contribution is -0.115. The summed E-state index contributed by atoms with van der Waals surface area (Å²) in [7, 11) is 0. The van der Waals surface area contributed by atoms with Gasteiger partial charge < -0.3 is 5.32 Å². The number of nitrogens with one attached hydrogen (secondary N) is 1. The Morgan fingerprint density at radius 1 is 1.20 bits per heavy atom. The van der Waals surface area contributed by atoms with Gasteiger partial charge in [-0.2, -0.15) is 4.68 Å². The van der Waals surface area contributed by atoms with Gasteiger partial charge in [-0.15, -0.1) is 5.10 Å². The minimum absolute atomic E-state index is 0.107. The number of nitrogens with zero attached hydrogens (tertiary/aromatic N) is 4. The number of anilines is 1. The molecule has 1 atom stereocenters. The standard InChI is InChI=1S/C17H16ClN5OS/c1-11-5-3-4-6-15(11)19-16(24)12(2)25-17-20-21-22-23(17)14-9-7-13(18)8-10-14/h3-10,12H,1-2H3,(H,19,24). The summed E-state index contributed by atoms with van der Waals surface area (Å²) in [5, 5.41) is 15.5. The van der Waals surface area contributed by atoms with Gasteiger partial charge in [0.15, 0.2) is 0 Å². The van der Waals surface area contributed by atoms with Gasteiger partial charge in [-0.1, -0.05) is 41.6 Å². The molecule has 1 N–H and O–H groups in total. The number of benzene rings is 2. The zero-order valence-electron chi connectivity index (χ0n) is 13.7. The van der Waals surface area contributed by atoms with Crippen LogP contribution in [-0.4, -0.2) is 31.4 Å². The SMILES string of the molecule is Cc1ccccc1NC(=O)C(C)Sc1nnnn1-c1ccc(Cl)cc1. The molecule has 1 heterocycles. The average Bonchev–Trinajstić information content (AvgIpc) is 3.05. The van der Waals surface area contributed by atoms with Crippen molar-refractivity contribution in [1.82, 2.24) is 20.2 Å². The van der Waals surface area contributed by atoms with Crippen LogP contribution in [-0.2, 0) is 4.79 Å². The minimum atomic E-state index is -0.364. The van der Waals surface area contributed by atoms with Crippen LogP contribution in [0.25, 0.3) is 5.69 Å². The van der Waals surface area contributed by atoms with E-state index in [-0.39, 0.29) is 11.2 Å². The monoisotopic (exact) mass is 373 g/mol. The zero-order chi connectivity index (χ0) is 17.8. The molecular formula is C17H16ClN5OS. The van der Waals surface area contributed by atoms with Crippen LogP contribution in [0.4, 0.5) is 5.69 Å². The molecular weight excluding hydrogens is 358 g/mol. The molecule has 0 saturated heterocycles. The van der Waals surface area contributed by atoms with E-state index in [4.69, 9.17) is 11.6 Å². The van der Waals surface area contributed by atoms with E-state index in [1.54, 1.807) is 16.8 Å². The summed E-state index contributed by atoms with van der Waals surface area (Å²) < 4.78 is 1.58. The molecule has 0 spiro atoms. The van der Waals surface area contributed by atoms with Crippen molar-refractivity contribution in [3.8, 4) is 5.69 Å². The number of tetrazole rings is 1. The van der Waals surface area contributed by atoms with Gasteiger partial charge in [-0.05, 0) is 60.2 Å². The largest absolute Gasteiger partial charge is 0.325 e.